The minimum atomic E-state index is -0.559. The molecule has 1 aromatic rings. The zero-order valence-corrected chi connectivity index (χ0v) is 12.2. The van der Waals surface area contributed by atoms with Gasteiger partial charge in [-0.2, -0.15) is 5.26 Å². The zero-order chi connectivity index (χ0) is 15.6. The molecule has 1 saturated heterocycles. The molecule has 2 rings (SSSR count). The number of nitrogen functional groups attached to an aromatic ring is 1. The van der Waals surface area contributed by atoms with Crippen LogP contribution in [0.15, 0.2) is 12.1 Å². The molecule has 2 N–H and O–H groups in total. The molecule has 0 bridgehead atoms. The van der Waals surface area contributed by atoms with Crippen LogP contribution in [0.2, 0.25) is 0 Å². The minimum absolute atomic E-state index is 0.0497. The molecule has 1 fully saturated rings. The highest BCUT2D eigenvalue weighted by molar-refractivity contribution is 5.77. The second-order valence-electron chi connectivity index (χ2n) is 5.38. The third kappa shape index (κ3) is 2.90. The Morgan fingerprint density at radius 1 is 1.33 bits per heavy atom. The molecule has 0 aromatic heterocycles. The lowest BCUT2D eigenvalue weighted by Crippen LogP contribution is -2.49. The summed E-state index contributed by atoms with van der Waals surface area (Å²) in [6, 6.07) is 5.49. The van der Waals surface area contributed by atoms with Crippen LogP contribution in [0.5, 0.6) is 0 Å². The van der Waals surface area contributed by atoms with Gasteiger partial charge in [-0.05, 0) is 19.9 Å². The summed E-state index contributed by atoms with van der Waals surface area (Å²) in [6.45, 7) is 7.67. The SMILES string of the molecule is CC(C)N1CCN(c2ccc([N+](=O)[O-])c(N)c2C#N)CC1. The molecule has 1 heterocycles. The van der Waals surface area contributed by atoms with E-state index in [2.05, 4.69) is 23.6 Å². The Hall–Kier alpha value is -2.33. The maximum atomic E-state index is 10.9. The van der Waals surface area contributed by atoms with Crippen LogP contribution in [0.1, 0.15) is 19.4 Å². The van der Waals surface area contributed by atoms with Crippen molar-refractivity contribution in [3.63, 3.8) is 0 Å². The first-order valence-corrected chi connectivity index (χ1v) is 6.91. The first-order chi connectivity index (χ1) is 9.95. The van der Waals surface area contributed by atoms with Gasteiger partial charge in [-0.15, -0.1) is 0 Å². The smallest absolute Gasteiger partial charge is 0.293 e. The standard InChI is InChI=1S/C14H19N5O2/c1-10(2)17-5-7-18(8-6-17)12-3-4-13(19(20)21)14(16)11(12)9-15/h3-4,10H,5-8,16H2,1-2H3. The molecule has 1 aliphatic heterocycles. The van der Waals surface area contributed by atoms with Crippen molar-refractivity contribution in [1.82, 2.24) is 4.90 Å². The second kappa shape index (κ2) is 5.97. The van der Waals surface area contributed by atoms with Crippen molar-refractivity contribution in [1.29, 1.82) is 5.26 Å². The van der Waals surface area contributed by atoms with Crippen molar-refractivity contribution in [3.05, 3.63) is 27.8 Å². The van der Waals surface area contributed by atoms with E-state index in [4.69, 9.17) is 5.73 Å². The third-order valence-electron chi connectivity index (χ3n) is 3.89. The van der Waals surface area contributed by atoms with Crippen LogP contribution in [0.25, 0.3) is 0 Å². The molecule has 1 aliphatic rings. The van der Waals surface area contributed by atoms with Gasteiger partial charge in [0, 0.05) is 38.3 Å². The van der Waals surface area contributed by atoms with E-state index in [0.29, 0.717) is 11.7 Å². The summed E-state index contributed by atoms with van der Waals surface area (Å²) < 4.78 is 0. The van der Waals surface area contributed by atoms with Crippen LogP contribution in [0.3, 0.4) is 0 Å². The number of hydrogen-bond donors (Lipinski definition) is 1. The van der Waals surface area contributed by atoms with Gasteiger partial charge in [-0.25, -0.2) is 0 Å². The Labute approximate surface area is 123 Å². The number of benzene rings is 1. The van der Waals surface area contributed by atoms with E-state index in [1.54, 1.807) is 6.07 Å². The number of nitrogens with two attached hydrogens (primary N) is 1. The van der Waals surface area contributed by atoms with Crippen LogP contribution in [0.4, 0.5) is 17.1 Å². The fourth-order valence-corrected chi connectivity index (χ4v) is 2.62. The second-order valence-corrected chi connectivity index (χ2v) is 5.38. The molecule has 7 heteroatoms. The van der Waals surface area contributed by atoms with Gasteiger partial charge in [0.15, 0.2) is 0 Å². The third-order valence-corrected chi connectivity index (χ3v) is 3.89. The molecule has 0 atom stereocenters. The van der Waals surface area contributed by atoms with Crippen molar-refractivity contribution in [2.45, 2.75) is 19.9 Å². The summed E-state index contributed by atoms with van der Waals surface area (Å²) >= 11 is 0. The quantitative estimate of drug-likeness (QED) is 0.515. The lowest BCUT2D eigenvalue weighted by molar-refractivity contribution is -0.383. The largest absolute Gasteiger partial charge is 0.392 e. The van der Waals surface area contributed by atoms with Crippen LogP contribution < -0.4 is 10.6 Å². The zero-order valence-electron chi connectivity index (χ0n) is 12.2. The molecule has 0 aliphatic carbocycles. The summed E-state index contributed by atoms with van der Waals surface area (Å²) in [4.78, 5) is 14.8. The molecule has 0 spiro atoms. The van der Waals surface area contributed by atoms with E-state index in [-0.39, 0.29) is 16.9 Å². The Bertz CT molecular complexity index is 586. The van der Waals surface area contributed by atoms with Crippen molar-refractivity contribution in [2.75, 3.05) is 36.8 Å². The highest BCUT2D eigenvalue weighted by Crippen LogP contribution is 2.33. The fourth-order valence-electron chi connectivity index (χ4n) is 2.62. The number of nitrogens with zero attached hydrogens (tertiary/aromatic N) is 4. The number of anilines is 2. The van der Waals surface area contributed by atoms with Gasteiger partial charge < -0.3 is 10.6 Å². The molecule has 1 aromatic carbocycles. The van der Waals surface area contributed by atoms with Crippen LogP contribution in [0, 0.1) is 21.4 Å². The average molecular weight is 289 g/mol. The van der Waals surface area contributed by atoms with Gasteiger partial charge in [-0.1, -0.05) is 0 Å². The number of nitriles is 1. The van der Waals surface area contributed by atoms with Gasteiger partial charge in [0.05, 0.1) is 10.6 Å². The number of hydrogen-bond acceptors (Lipinski definition) is 6. The number of nitro groups is 1. The van der Waals surface area contributed by atoms with E-state index in [1.807, 2.05) is 6.07 Å². The molecule has 112 valence electrons. The summed E-state index contributed by atoms with van der Waals surface area (Å²) in [6.07, 6.45) is 0. The predicted molar refractivity (Wildman–Crippen MR) is 81.1 cm³/mol. The van der Waals surface area contributed by atoms with Crippen molar-refractivity contribution >= 4 is 17.1 Å². The van der Waals surface area contributed by atoms with E-state index in [0.717, 1.165) is 26.2 Å². The molecule has 0 amide bonds. The summed E-state index contributed by atoms with van der Waals surface area (Å²) in [5, 5.41) is 20.2. The number of rotatable bonds is 3. The average Bonchev–Trinajstić information content (AvgIpc) is 2.46. The maximum Gasteiger partial charge on any atom is 0.293 e. The van der Waals surface area contributed by atoms with Crippen molar-refractivity contribution < 1.29 is 4.92 Å². The van der Waals surface area contributed by atoms with Gasteiger partial charge in [0.1, 0.15) is 17.3 Å². The Morgan fingerprint density at radius 2 is 1.95 bits per heavy atom. The van der Waals surface area contributed by atoms with Crippen molar-refractivity contribution in [2.24, 2.45) is 0 Å². The van der Waals surface area contributed by atoms with Gasteiger partial charge in [0.2, 0.25) is 0 Å². The molecular formula is C14H19N5O2. The summed E-state index contributed by atoms with van der Waals surface area (Å²) in [5.41, 5.74) is 6.40. The number of piperazine rings is 1. The maximum absolute atomic E-state index is 10.9. The van der Waals surface area contributed by atoms with Crippen LogP contribution in [-0.2, 0) is 0 Å². The Morgan fingerprint density at radius 3 is 2.43 bits per heavy atom. The van der Waals surface area contributed by atoms with Crippen LogP contribution >= 0.6 is 0 Å². The highest BCUT2D eigenvalue weighted by atomic mass is 16.6. The normalized spacial score (nSPS) is 16.0. The van der Waals surface area contributed by atoms with Gasteiger partial charge in [0.25, 0.3) is 5.69 Å². The fraction of sp³-hybridized carbons (Fsp3) is 0.500. The molecule has 0 saturated carbocycles. The lowest BCUT2D eigenvalue weighted by Gasteiger charge is -2.38. The van der Waals surface area contributed by atoms with Crippen molar-refractivity contribution in [3.8, 4) is 6.07 Å². The molecule has 0 radical (unpaired) electrons. The molecular weight excluding hydrogens is 270 g/mol. The van der Waals surface area contributed by atoms with E-state index >= 15 is 0 Å². The molecule has 7 nitrogen and oxygen atoms in total. The Balaban J connectivity index is 2.28. The monoisotopic (exact) mass is 289 g/mol. The first-order valence-electron chi connectivity index (χ1n) is 6.91. The highest BCUT2D eigenvalue weighted by Gasteiger charge is 2.24. The topological polar surface area (TPSA) is 99.4 Å². The van der Waals surface area contributed by atoms with E-state index in [1.165, 1.54) is 6.07 Å². The lowest BCUT2D eigenvalue weighted by atomic mass is 10.1. The van der Waals surface area contributed by atoms with E-state index in [9.17, 15) is 15.4 Å². The van der Waals surface area contributed by atoms with E-state index < -0.39 is 4.92 Å². The molecule has 0 unspecified atom stereocenters. The van der Waals surface area contributed by atoms with Gasteiger partial charge >= 0.3 is 0 Å². The van der Waals surface area contributed by atoms with Crippen LogP contribution in [-0.4, -0.2) is 42.0 Å². The Kier molecular flexibility index (Phi) is 4.29. The molecule has 21 heavy (non-hydrogen) atoms. The first kappa shape index (κ1) is 15.1. The number of nitro benzene ring substituents is 1. The summed E-state index contributed by atoms with van der Waals surface area (Å²) in [5.74, 6) is 0. The minimum Gasteiger partial charge on any atom is -0.392 e. The predicted octanol–water partition coefficient (Wildman–Crippen LogP) is 1.58. The summed E-state index contributed by atoms with van der Waals surface area (Å²) in [7, 11) is 0. The van der Waals surface area contributed by atoms with Gasteiger partial charge in [-0.3, -0.25) is 15.0 Å².